The van der Waals surface area contributed by atoms with E-state index in [1.54, 1.807) is 0 Å². The molecule has 1 aliphatic rings. The first kappa shape index (κ1) is 14.2. The standard InChI is InChI=1S/C13H18BrClN2O/c1-3-18-8(2)13-16-11(9-6-4-5-7-9)10(14)12(15)17-13/h8-9H,3-7H2,1-2H3. The molecule has 1 aromatic rings. The molecule has 2 rings (SSSR count). The van der Waals surface area contributed by atoms with Gasteiger partial charge in [-0.1, -0.05) is 24.4 Å². The number of hydrogen-bond acceptors (Lipinski definition) is 3. The van der Waals surface area contributed by atoms with Crippen LogP contribution in [0.25, 0.3) is 0 Å². The maximum atomic E-state index is 6.19. The number of nitrogens with zero attached hydrogens (tertiary/aromatic N) is 2. The number of hydrogen-bond donors (Lipinski definition) is 0. The van der Waals surface area contributed by atoms with Crippen LogP contribution in [0.5, 0.6) is 0 Å². The van der Waals surface area contributed by atoms with Crippen molar-refractivity contribution in [3.63, 3.8) is 0 Å². The minimum Gasteiger partial charge on any atom is -0.371 e. The lowest BCUT2D eigenvalue weighted by Gasteiger charge is -2.16. The van der Waals surface area contributed by atoms with Gasteiger partial charge in [0.1, 0.15) is 11.3 Å². The Morgan fingerprint density at radius 1 is 1.39 bits per heavy atom. The van der Waals surface area contributed by atoms with E-state index in [9.17, 15) is 0 Å². The third-order valence-electron chi connectivity index (χ3n) is 3.38. The van der Waals surface area contributed by atoms with E-state index in [-0.39, 0.29) is 6.10 Å². The summed E-state index contributed by atoms with van der Waals surface area (Å²) in [5, 5.41) is 0.494. The molecule has 1 fully saturated rings. The molecule has 1 heterocycles. The molecule has 0 aliphatic heterocycles. The molecule has 5 heteroatoms. The highest BCUT2D eigenvalue weighted by atomic mass is 79.9. The van der Waals surface area contributed by atoms with Crippen molar-refractivity contribution in [2.45, 2.75) is 51.6 Å². The first-order valence-electron chi connectivity index (χ1n) is 6.48. The molecule has 0 saturated heterocycles. The van der Waals surface area contributed by atoms with Crippen LogP contribution in [0.3, 0.4) is 0 Å². The average Bonchev–Trinajstić information content (AvgIpc) is 2.86. The van der Waals surface area contributed by atoms with Crippen molar-refractivity contribution in [3.8, 4) is 0 Å². The van der Waals surface area contributed by atoms with E-state index in [4.69, 9.17) is 16.3 Å². The molecule has 1 aliphatic carbocycles. The van der Waals surface area contributed by atoms with Gasteiger partial charge in [0.2, 0.25) is 0 Å². The topological polar surface area (TPSA) is 35.0 Å². The number of aromatic nitrogens is 2. The molecular weight excluding hydrogens is 316 g/mol. The lowest BCUT2D eigenvalue weighted by atomic mass is 10.0. The Labute approximate surface area is 121 Å². The summed E-state index contributed by atoms with van der Waals surface area (Å²) in [5.74, 6) is 1.19. The molecule has 100 valence electrons. The second-order valence-electron chi connectivity index (χ2n) is 4.65. The Morgan fingerprint density at radius 2 is 2.06 bits per heavy atom. The van der Waals surface area contributed by atoms with Gasteiger partial charge in [-0.25, -0.2) is 9.97 Å². The highest BCUT2D eigenvalue weighted by Crippen LogP contribution is 2.39. The third kappa shape index (κ3) is 3.03. The zero-order valence-corrected chi connectivity index (χ0v) is 13.1. The summed E-state index contributed by atoms with van der Waals surface area (Å²) in [6.07, 6.45) is 4.81. The quantitative estimate of drug-likeness (QED) is 0.752. The molecule has 0 radical (unpaired) electrons. The molecule has 3 nitrogen and oxygen atoms in total. The molecule has 0 amide bonds. The molecule has 0 aromatic carbocycles. The van der Waals surface area contributed by atoms with Gasteiger partial charge in [-0.3, -0.25) is 0 Å². The fourth-order valence-electron chi connectivity index (χ4n) is 2.43. The van der Waals surface area contributed by atoms with E-state index in [0.29, 0.717) is 23.5 Å². The van der Waals surface area contributed by atoms with Crippen LogP contribution < -0.4 is 0 Å². The van der Waals surface area contributed by atoms with Crippen molar-refractivity contribution in [1.29, 1.82) is 0 Å². The van der Waals surface area contributed by atoms with Gasteiger partial charge >= 0.3 is 0 Å². The van der Waals surface area contributed by atoms with Crippen molar-refractivity contribution in [1.82, 2.24) is 9.97 Å². The molecule has 0 bridgehead atoms. The lowest BCUT2D eigenvalue weighted by Crippen LogP contribution is -2.10. The van der Waals surface area contributed by atoms with E-state index in [1.807, 2.05) is 13.8 Å². The van der Waals surface area contributed by atoms with Crippen LogP contribution in [0.2, 0.25) is 5.15 Å². The Balaban J connectivity index is 2.32. The van der Waals surface area contributed by atoms with E-state index in [1.165, 1.54) is 25.7 Å². The summed E-state index contributed by atoms with van der Waals surface area (Å²) in [6.45, 7) is 4.58. The molecule has 0 N–H and O–H groups in total. The second kappa shape index (κ2) is 6.31. The van der Waals surface area contributed by atoms with E-state index >= 15 is 0 Å². The third-order valence-corrected chi connectivity index (χ3v) is 4.66. The Bertz CT molecular complexity index is 422. The van der Waals surface area contributed by atoms with Crippen LogP contribution in [0.15, 0.2) is 4.47 Å². The van der Waals surface area contributed by atoms with E-state index in [2.05, 4.69) is 25.9 Å². The van der Waals surface area contributed by atoms with Gasteiger partial charge in [-0.15, -0.1) is 0 Å². The minimum absolute atomic E-state index is 0.110. The van der Waals surface area contributed by atoms with Crippen LogP contribution in [-0.4, -0.2) is 16.6 Å². The summed E-state index contributed by atoms with van der Waals surface area (Å²) in [6, 6.07) is 0. The monoisotopic (exact) mass is 332 g/mol. The van der Waals surface area contributed by atoms with Crippen LogP contribution in [-0.2, 0) is 4.74 Å². The molecule has 1 unspecified atom stereocenters. The minimum atomic E-state index is -0.110. The van der Waals surface area contributed by atoms with Crippen LogP contribution >= 0.6 is 27.5 Å². The molecule has 18 heavy (non-hydrogen) atoms. The summed E-state index contributed by atoms with van der Waals surface area (Å²) in [4.78, 5) is 8.97. The fraction of sp³-hybridized carbons (Fsp3) is 0.692. The van der Waals surface area contributed by atoms with Crippen molar-refractivity contribution in [2.75, 3.05) is 6.61 Å². The summed E-state index contributed by atoms with van der Waals surface area (Å²) < 4.78 is 6.39. The number of halogens is 2. The van der Waals surface area contributed by atoms with E-state index < -0.39 is 0 Å². The largest absolute Gasteiger partial charge is 0.371 e. The normalized spacial score (nSPS) is 18.2. The molecule has 1 aromatic heterocycles. The Kier molecular flexibility index (Phi) is 4.98. The first-order valence-corrected chi connectivity index (χ1v) is 7.65. The van der Waals surface area contributed by atoms with Crippen molar-refractivity contribution >= 4 is 27.5 Å². The van der Waals surface area contributed by atoms with Crippen LogP contribution in [0.4, 0.5) is 0 Å². The number of rotatable bonds is 4. The Morgan fingerprint density at radius 3 is 2.67 bits per heavy atom. The van der Waals surface area contributed by atoms with Crippen molar-refractivity contribution in [3.05, 3.63) is 21.1 Å². The van der Waals surface area contributed by atoms with Gasteiger partial charge in [0, 0.05) is 12.5 Å². The van der Waals surface area contributed by atoms with Gasteiger partial charge in [-0.05, 0) is 42.6 Å². The average molecular weight is 334 g/mol. The fourth-order valence-corrected chi connectivity index (χ4v) is 3.11. The van der Waals surface area contributed by atoms with Gasteiger partial charge in [0.15, 0.2) is 5.82 Å². The van der Waals surface area contributed by atoms with Gasteiger partial charge in [0.05, 0.1) is 10.2 Å². The van der Waals surface area contributed by atoms with Gasteiger partial charge < -0.3 is 4.74 Å². The SMILES string of the molecule is CCOC(C)c1nc(Cl)c(Br)c(C2CCCC2)n1. The highest BCUT2D eigenvalue weighted by molar-refractivity contribution is 9.10. The summed E-state index contributed by atoms with van der Waals surface area (Å²) in [5.41, 5.74) is 1.05. The van der Waals surface area contributed by atoms with Crippen molar-refractivity contribution in [2.24, 2.45) is 0 Å². The van der Waals surface area contributed by atoms with Crippen LogP contribution in [0.1, 0.15) is 63.1 Å². The maximum Gasteiger partial charge on any atom is 0.158 e. The molecule has 0 spiro atoms. The van der Waals surface area contributed by atoms with E-state index in [0.717, 1.165) is 10.2 Å². The lowest BCUT2D eigenvalue weighted by molar-refractivity contribution is 0.0698. The highest BCUT2D eigenvalue weighted by Gasteiger charge is 2.24. The van der Waals surface area contributed by atoms with Gasteiger partial charge in [-0.2, -0.15) is 0 Å². The summed E-state index contributed by atoms with van der Waals surface area (Å²) in [7, 11) is 0. The van der Waals surface area contributed by atoms with Crippen LogP contribution in [0, 0.1) is 0 Å². The maximum absolute atomic E-state index is 6.19. The Hall–Kier alpha value is -0.190. The number of ether oxygens (including phenoxy) is 1. The molecule has 1 saturated carbocycles. The molecule has 1 atom stereocenters. The van der Waals surface area contributed by atoms with Crippen molar-refractivity contribution < 1.29 is 4.74 Å². The second-order valence-corrected chi connectivity index (χ2v) is 5.80. The van der Waals surface area contributed by atoms with Gasteiger partial charge in [0.25, 0.3) is 0 Å². The predicted octanol–water partition coefficient (Wildman–Crippen LogP) is 4.65. The zero-order chi connectivity index (χ0) is 13.1. The molecular formula is C13H18BrClN2O. The summed E-state index contributed by atoms with van der Waals surface area (Å²) >= 11 is 9.70. The first-order chi connectivity index (χ1) is 8.63. The predicted molar refractivity (Wildman–Crippen MR) is 76.0 cm³/mol. The zero-order valence-electron chi connectivity index (χ0n) is 10.7. The smallest absolute Gasteiger partial charge is 0.158 e.